The van der Waals surface area contributed by atoms with Crippen molar-refractivity contribution in [1.82, 2.24) is 14.5 Å². The molecule has 0 radical (unpaired) electrons. The molecule has 0 saturated heterocycles. The molecule has 1 aromatic carbocycles. The minimum absolute atomic E-state index is 0.0189. The molecular weight excluding hydrogens is 446 g/mol. The molecule has 1 amide bonds. The number of thiophene rings is 1. The van der Waals surface area contributed by atoms with Gasteiger partial charge in [-0.25, -0.2) is 17.9 Å². The lowest BCUT2D eigenvalue weighted by Gasteiger charge is -2.20. The van der Waals surface area contributed by atoms with Crippen LogP contribution in [0.4, 0.5) is 4.79 Å². The molecule has 0 atom stereocenters. The third-order valence-corrected chi connectivity index (χ3v) is 7.92. The molecule has 0 fully saturated rings. The van der Waals surface area contributed by atoms with E-state index < -0.39 is 16.1 Å². The average molecular weight is 476 g/mol. The van der Waals surface area contributed by atoms with Crippen LogP contribution in [0.3, 0.4) is 0 Å². The third kappa shape index (κ3) is 5.58. The molecule has 32 heavy (non-hydrogen) atoms. The van der Waals surface area contributed by atoms with E-state index in [1.807, 2.05) is 41.1 Å². The van der Waals surface area contributed by atoms with Crippen LogP contribution >= 0.6 is 11.3 Å². The van der Waals surface area contributed by atoms with Gasteiger partial charge in [-0.2, -0.15) is 5.10 Å². The lowest BCUT2D eigenvalue weighted by atomic mass is 9.92. The van der Waals surface area contributed by atoms with E-state index in [2.05, 4.69) is 39.7 Å². The fourth-order valence-electron chi connectivity index (χ4n) is 3.55. The zero-order chi connectivity index (χ0) is 23.7. The Hall–Kier alpha value is -2.65. The highest BCUT2D eigenvalue weighted by atomic mass is 32.2. The molecule has 0 unspecified atom stereocenters. The number of hydrogen-bond acceptors (Lipinski definition) is 5. The van der Waals surface area contributed by atoms with Gasteiger partial charge in [-0.1, -0.05) is 58.9 Å². The molecule has 172 valence electrons. The fourth-order valence-corrected chi connectivity index (χ4v) is 6.34. The van der Waals surface area contributed by atoms with Crippen molar-refractivity contribution < 1.29 is 18.3 Å². The molecule has 0 aliphatic rings. The van der Waals surface area contributed by atoms with Crippen LogP contribution in [-0.2, 0) is 28.4 Å². The van der Waals surface area contributed by atoms with Crippen LogP contribution < -0.4 is 4.72 Å². The lowest BCUT2D eigenvalue weighted by Crippen LogP contribution is -2.28. The highest BCUT2D eigenvalue weighted by molar-refractivity contribution is 7.92. The minimum Gasteiger partial charge on any atom is -0.464 e. The van der Waals surface area contributed by atoms with Crippen LogP contribution in [0.15, 0.2) is 46.8 Å². The summed E-state index contributed by atoms with van der Waals surface area (Å²) < 4.78 is 29.0. The van der Waals surface area contributed by atoms with Gasteiger partial charge in [0.1, 0.15) is 4.21 Å². The summed E-state index contributed by atoms with van der Waals surface area (Å²) in [6, 6.07) is 11.5. The Bertz CT molecular complexity index is 1200. The first-order chi connectivity index (χ1) is 14.9. The molecule has 0 saturated carbocycles. The average Bonchev–Trinajstić information content (AvgIpc) is 3.28. The van der Waals surface area contributed by atoms with Crippen LogP contribution in [0.2, 0.25) is 0 Å². The topological polar surface area (TPSA) is 101 Å². The predicted octanol–water partition coefficient (Wildman–Crippen LogP) is 5.11. The van der Waals surface area contributed by atoms with E-state index in [-0.39, 0.29) is 9.62 Å². The molecule has 0 aliphatic heterocycles. The van der Waals surface area contributed by atoms with Crippen molar-refractivity contribution in [2.45, 2.75) is 57.2 Å². The van der Waals surface area contributed by atoms with Gasteiger partial charge in [0.05, 0.1) is 6.54 Å². The van der Waals surface area contributed by atoms with E-state index >= 15 is 0 Å². The van der Waals surface area contributed by atoms with Gasteiger partial charge < -0.3 is 5.11 Å². The molecule has 0 aliphatic carbocycles. The molecule has 3 aromatic rings. The summed E-state index contributed by atoms with van der Waals surface area (Å²) in [6.45, 7) is 11.1. The summed E-state index contributed by atoms with van der Waals surface area (Å²) in [5, 5.41) is 13.4. The second-order valence-corrected chi connectivity index (χ2v) is 12.3. The molecule has 0 bridgehead atoms. The summed E-state index contributed by atoms with van der Waals surface area (Å²) in [6.07, 6.45) is 0.912. The SMILES string of the molecule is CC(C)Cc1cc(-c2ccc(Cn3nccc3C(C)(C)C)cc2)c(S(=O)(=O)NC(=O)O)s1. The van der Waals surface area contributed by atoms with Gasteiger partial charge >= 0.3 is 6.09 Å². The van der Waals surface area contributed by atoms with Gasteiger partial charge in [0.25, 0.3) is 10.0 Å². The van der Waals surface area contributed by atoms with Crippen molar-refractivity contribution in [1.29, 1.82) is 0 Å². The summed E-state index contributed by atoms with van der Waals surface area (Å²) >= 11 is 1.12. The van der Waals surface area contributed by atoms with Crippen LogP contribution in [0.1, 0.15) is 50.8 Å². The zero-order valence-electron chi connectivity index (χ0n) is 18.9. The Balaban J connectivity index is 1.95. The number of carboxylic acid groups (broad SMARTS) is 1. The number of benzene rings is 1. The van der Waals surface area contributed by atoms with E-state index in [1.54, 1.807) is 10.9 Å². The number of nitrogens with one attached hydrogen (secondary N) is 1. The Labute approximate surface area is 193 Å². The number of amides is 1. The van der Waals surface area contributed by atoms with Gasteiger partial charge in [0.15, 0.2) is 0 Å². The van der Waals surface area contributed by atoms with Gasteiger partial charge in [-0.15, -0.1) is 11.3 Å². The number of hydrogen-bond donors (Lipinski definition) is 2. The van der Waals surface area contributed by atoms with Crippen molar-refractivity contribution in [3.8, 4) is 11.1 Å². The van der Waals surface area contributed by atoms with E-state index in [4.69, 9.17) is 5.11 Å². The Morgan fingerprint density at radius 1 is 1.19 bits per heavy atom. The first kappa shape index (κ1) is 24.0. The summed E-state index contributed by atoms with van der Waals surface area (Å²) in [5.74, 6) is 0.345. The van der Waals surface area contributed by atoms with Crippen molar-refractivity contribution in [3.63, 3.8) is 0 Å². The largest absolute Gasteiger partial charge is 0.464 e. The van der Waals surface area contributed by atoms with Crippen LogP contribution in [-0.4, -0.2) is 29.4 Å². The highest BCUT2D eigenvalue weighted by Gasteiger charge is 2.25. The summed E-state index contributed by atoms with van der Waals surface area (Å²) in [5.41, 5.74) is 3.38. The first-order valence-electron chi connectivity index (χ1n) is 10.4. The molecule has 2 N–H and O–H groups in total. The quantitative estimate of drug-likeness (QED) is 0.494. The van der Waals surface area contributed by atoms with Crippen LogP contribution in [0.5, 0.6) is 0 Å². The van der Waals surface area contributed by atoms with E-state index in [0.29, 0.717) is 24.4 Å². The van der Waals surface area contributed by atoms with E-state index in [0.717, 1.165) is 33.0 Å². The monoisotopic (exact) mass is 475 g/mol. The minimum atomic E-state index is -4.17. The van der Waals surface area contributed by atoms with Crippen LogP contribution in [0.25, 0.3) is 11.1 Å². The zero-order valence-corrected chi connectivity index (χ0v) is 20.5. The molecule has 7 nitrogen and oxygen atoms in total. The Morgan fingerprint density at radius 3 is 2.41 bits per heavy atom. The van der Waals surface area contributed by atoms with Gasteiger partial charge in [-0.3, -0.25) is 4.68 Å². The standard InChI is InChI=1S/C23H29N3O4S2/c1-15(2)12-18-13-19(21(31-18)32(29,30)25-22(27)28)17-8-6-16(7-9-17)14-26-20(10-11-24-26)23(3,4)5/h6-11,13,15,25H,12,14H2,1-5H3,(H,27,28). The van der Waals surface area contributed by atoms with Crippen molar-refractivity contribution in [3.05, 3.63) is 58.7 Å². The number of rotatable bonds is 7. The second kappa shape index (κ2) is 9.07. The second-order valence-electron chi connectivity index (χ2n) is 9.24. The summed E-state index contributed by atoms with van der Waals surface area (Å²) in [4.78, 5) is 11.9. The first-order valence-corrected chi connectivity index (χ1v) is 12.7. The molecule has 2 aromatic heterocycles. The van der Waals surface area contributed by atoms with Gasteiger partial charge in [0, 0.05) is 27.7 Å². The Kier molecular flexibility index (Phi) is 6.80. The molecular formula is C23H29N3O4S2. The highest BCUT2D eigenvalue weighted by Crippen LogP contribution is 2.36. The molecule has 0 spiro atoms. The van der Waals surface area contributed by atoms with Gasteiger partial charge in [0.2, 0.25) is 0 Å². The molecule has 3 rings (SSSR count). The van der Waals surface area contributed by atoms with E-state index in [1.165, 1.54) is 0 Å². The third-order valence-electron chi connectivity index (χ3n) is 4.91. The number of carbonyl (C=O) groups is 1. The lowest BCUT2D eigenvalue weighted by molar-refractivity contribution is 0.201. The Morgan fingerprint density at radius 2 is 1.84 bits per heavy atom. The maximum atomic E-state index is 12.7. The van der Waals surface area contributed by atoms with Crippen molar-refractivity contribution in [2.24, 2.45) is 5.92 Å². The van der Waals surface area contributed by atoms with Crippen molar-refractivity contribution in [2.75, 3.05) is 0 Å². The predicted molar refractivity (Wildman–Crippen MR) is 127 cm³/mol. The maximum Gasteiger partial charge on any atom is 0.418 e. The normalized spacial score (nSPS) is 12.3. The number of nitrogens with zero attached hydrogens (tertiary/aromatic N) is 2. The fraction of sp³-hybridized carbons (Fsp3) is 0.391. The van der Waals surface area contributed by atoms with Gasteiger partial charge in [-0.05, 0) is 35.6 Å². The summed E-state index contributed by atoms with van der Waals surface area (Å²) in [7, 11) is -4.17. The van der Waals surface area contributed by atoms with E-state index in [9.17, 15) is 13.2 Å². The number of aromatic nitrogens is 2. The smallest absolute Gasteiger partial charge is 0.418 e. The number of sulfonamides is 1. The van der Waals surface area contributed by atoms with Crippen LogP contribution in [0, 0.1) is 5.92 Å². The maximum absolute atomic E-state index is 12.7. The molecule has 9 heteroatoms. The van der Waals surface area contributed by atoms with Crippen molar-refractivity contribution >= 4 is 27.5 Å². The molecule has 2 heterocycles.